The number of nitrogens with zero attached hydrogens (tertiary/aromatic N) is 1. The molecule has 0 aliphatic carbocycles. The van der Waals surface area contributed by atoms with Gasteiger partial charge in [0, 0.05) is 17.9 Å². The first-order valence-electron chi connectivity index (χ1n) is 10.4. The number of unbranched alkanes of at least 4 members (excludes halogenated alkanes) is 1. The Morgan fingerprint density at radius 1 is 1.19 bits per heavy atom. The predicted octanol–water partition coefficient (Wildman–Crippen LogP) is 4.24. The fourth-order valence-corrected chi connectivity index (χ4v) is 3.45. The second-order valence-electron chi connectivity index (χ2n) is 7.16. The molecule has 1 aliphatic heterocycles. The van der Waals surface area contributed by atoms with Gasteiger partial charge in [-0.3, -0.25) is 9.69 Å². The van der Waals surface area contributed by atoms with E-state index in [2.05, 4.69) is 10.6 Å². The minimum Gasteiger partial charge on any atom is -0.463 e. The molecule has 2 N–H and O–H groups in total. The van der Waals surface area contributed by atoms with Crippen LogP contribution in [0.5, 0.6) is 0 Å². The molecule has 2 aromatic rings. The van der Waals surface area contributed by atoms with Crippen LogP contribution in [0.4, 0.5) is 10.5 Å². The summed E-state index contributed by atoms with van der Waals surface area (Å²) in [7, 11) is 0. The van der Waals surface area contributed by atoms with E-state index in [1.807, 2.05) is 6.92 Å². The Kier molecular flexibility index (Phi) is 7.12. The van der Waals surface area contributed by atoms with Crippen LogP contribution in [-0.4, -0.2) is 36.0 Å². The van der Waals surface area contributed by atoms with Crippen molar-refractivity contribution >= 4 is 23.6 Å². The highest BCUT2D eigenvalue weighted by Crippen LogP contribution is 2.32. The maximum absolute atomic E-state index is 12.7. The molecule has 0 spiro atoms. The number of urea groups is 1. The van der Waals surface area contributed by atoms with Crippen molar-refractivity contribution in [1.29, 1.82) is 0 Å². The van der Waals surface area contributed by atoms with Gasteiger partial charge in [-0.25, -0.2) is 9.59 Å². The van der Waals surface area contributed by atoms with E-state index in [0.29, 0.717) is 29.1 Å². The first-order valence-corrected chi connectivity index (χ1v) is 10.4. The van der Waals surface area contributed by atoms with Crippen LogP contribution in [0, 0.1) is 0 Å². The summed E-state index contributed by atoms with van der Waals surface area (Å²) in [6, 6.07) is 9.27. The Balaban J connectivity index is 1.86. The number of hydrogen-bond acceptors (Lipinski definition) is 5. The van der Waals surface area contributed by atoms with Gasteiger partial charge in [0.1, 0.15) is 0 Å². The molecule has 31 heavy (non-hydrogen) atoms. The summed E-state index contributed by atoms with van der Waals surface area (Å²) in [5.41, 5.74) is 2.28. The number of allylic oxidation sites excluding steroid dienone is 1. The zero-order chi connectivity index (χ0) is 22.4. The van der Waals surface area contributed by atoms with Crippen molar-refractivity contribution in [3.63, 3.8) is 0 Å². The number of carbonyl (C=O) groups excluding carboxylic acids is 3. The normalized spacial score (nSPS) is 16.2. The van der Waals surface area contributed by atoms with Crippen LogP contribution in [0.2, 0.25) is 0 Å². The molecular formula is C23H27N3O5. The molecule has 164 valence electrons. The van der Waals surface area contributed by atoms with E-state index in [-0.39, 0.29) is 24.3 Å². The SMILES string of the molecule is CCCCN1C(=O)NC(c2ccc(NC(=O)c3ccco3)cc2)C(C(=O)OCC)=C1C. The average molecular weight is 425 g/mol. The van der Waals surface area contributed by atoms with Crippen molar-refractivity contribution in [2.45, 2.75) is 39.7 Å². The monoisotopic (exact) mass is 425 g/mol. The summed E-state index contributed by atoms with van der Waals surface area (Å²) in [6.45, 7) is 6.33. The number of carbonyl (C=O) groups is 3. The van der Waals surface area contributed by atoms with Crippen molar-refractivity contribution in [1.82, 2.24) is 10.2 Å². The summed E-state index contributed by atoms with van der Waals surface area (Å²) in [6.07, 6.45) is 3.19. The molecule has 1 aromatic heterocycles. The van der Waals surface area contributed by atoms with E-state index >= 15 is 0 Å². The quantitative estimate of drug-likeness (QED) is 0.616. The van der Waals surface area contributed by atoms with Gasteiger partial charge in [0.2, 0.25) is 0 Å². The lowest BCUT2D eigenvalue weighted by Gasteiger charge is -2.35. The summed E-state index contributed by atoms with van der Waals surface area (Å²) < 4.78 is 10.4. The van der Waals surface area contributed by atoms with Crippen LogP contribution in [0.1, 0.15) is 55.8 Å². The van der Waals surface area contributed by atoms with Crippen molar-refractivity contribution in [2.24, 2.45) is 0 Å². The molecule has 3 rings (SSSR count). The van der Waals surface area contributed by atoms with E-state index in [4.69, 9.17) is 9.15 Å². The first kappa shape index (κ1) is 22.1. The topological polar surface area (TPSA) is 101 Å². The highest BCUT2D eigenvalue weighted by molar-refractivity contribution is 6.02. The fourth-order valence-electron chi connectivity index (χ4n) is 3.45. The third-order valence-electron chi connectivity index (χ3n) is 5.07. The lowest BCUT2D eigenvalue weighted by Crippen LogP contribution is -2.48. The molecule has 0 radical (unpaired) electrons. The van der Waals surface area contributed by atoms with E-state index < -0.39 is 12.0 Å². The highest BCUT2D eigenvalue weighted by Gasteiger charge is 2.36. The smallest absolute Gasteiger partial charge is 0.338 e. The molecule has 1 aromatic carbocycles. The lowest BCUT2D eigenvalue weighted by molar-refractivity contribution is -0.139. The molecule has 0 saturated heterocycles. The van der Waals surface area contributed by atoms with Gasteiger partial charge in [-0.1, -0.05) is 25.5 Å². The minimum absolute atomic E-state index is 0.207. The molecule has 3 amide bonds. The number of nitrogens with one attached hydrogen (secondary N) is 2. The lowest BCUT2D eigenvalue weighted by atomic mass is 9.94. The largest absolute Gasteiger partial charge is 0.463 e. The van der Waals surface area contributed by atoms with E-state index in [9.17, 15) is 14.4 Å². The number of benzene rings is 1. The maximum Gasteiger partial charge on any atom is 0.338 e. The van der Waals surface area contributed by atoms with Gasteiger partial charge in [0.25, 0.3) is 5.91 Å². The van der Waals surface area contributed by atoms with Crippen molar-refractivity contribution in [3.8, 4) is 0 Å². The zero-order valence-electron chi connectivity index (χ0n) is 17.9. The average Bonchev–Trinajstić information content (AvgIpc) is 3.29. The van der Waals surface area contributed by atoms with Crippen molar-refractivity contribution < 1.29 is 23.5 Å². The van der Waals surface area contributed by atoms with Gasteiger partial charge < -0.3 is 19.8 Å². The number of ether oxygens (including phenoxy) is 1. The second-order valence-corrected chi connectivity index (χ2v) is 7.16. The molecule has 0 saturated carbocycles. The van der Waals surface area contributed by atoms with Gasteiger partial charge in [0.05, 0.1) is 24.5 Å². The van der Waals surface area contributed by atoms with E-state index in [1.165, 1.54) is 6.26 Å². The minimum atomic E-state index is -0.640. The Bertz CT molecular complexity index is 964. The van der Waals surface area contributed by atoms with Crippen LogP contribution in [-0.2, 0) is 9.53 Å². The number of rotatable bonds is 8. The van der Waals surface area contributed by atoms with Gasteiger partial charge in [-0.15, -0.1) is 0 Å². The van der Waals surface area contributed by atoms with Crippen LogP contribution in [0.15, 0.2) is 58.3 Å². The molecule has 1 atom stereocenters. The summed E-state index contributed by atoms with van der Waals surface area (Å²) in [5.74, 6) is -0.612. The fraction of sp³-hybridized carbons (Fsp3) is 0.348. The molecule has 8 nitrogen and oxygen atoms in total. The molecule has 0 bridgehead atoms. The zero-order valence-corrected chi connectivity index (χ0v) is 17.9. The Morgan fingerprint density at radius 2 is 1.94 bits per heavy atom. The van der Waals surface area contributed by atoms with Crippen molar-refractivity contribution in [3.05, 3.63) is 65.3 Å². The molecule has 1 unspecified atom stereocenters. The summed E-state index contributed by atoms with van der Waals surface area (Å²) in [4.78, 5) is 39.2. The summed E-state index contributed by atoms with van der Waals surface area (Å²) in [5, 5.41) is 5.66. The van der Waals surface area contributed by atoms with Gasteiger partial charge in [0.15, 0.2) is 5.76 Å². The third kappa shape index (κ3) is 4.96. The molecule has 2 heterocycles. The third-order valence-corrected chi connectivity index (χ3v) is 5.07. The molecular weight excluding hydrogens is 398 g/mol. The standard InChI is InChI=1S/C23H27N3O5/c1-4-6-13-26-15(3)19(22(28)30-5-2)20(25-23(26)29)16-9-11-17(12-10-16)24-21(27)18-8-7-14-31-18/h7-12,14,20H,4-6,13H2,1-3H3,(H,24,27)(H,25,29). The van der Waals surface area contributed by atoms with E-state index in [0.717, 1.165) is 12.8 Å². The molecule has 1 aliphatic rings. The molecule has 8 heteroatoms. The number of anilines is 1. The number of furan rings is 1. The van der Waals surface area contributed by atoms with Crippen LogP contribution < -0.4 is 10.6 Å². The van der Waals surface area contributed by atoms with E-state index in [1.54, 1.807) is 55.1 Å². The number of esters is 1. The second kappa shape index (κ2) is 9.97. The Hall–Kier alpha value is -3.55. The van der Waals surface area contributed by atoms with Crippen molar-refractivity contribution in [2.75, 3.05) is 18.5 Å². The predicted molar refractivity (Wildman–Crippen MR) is 115 cm³/mol. The summed E-state index contributed by atoms with van der Waals surface area (Å²) >= 11 is 0. The van der Waals surface area contributed by atoms with Crippen LogP contribution in [0.25, 0.3) is 0 Å². The van der Waals surface area contributed by atoms with Gasteiger partial charge >= 0.3 is 12.0 Å². The first-order chi connectivity index (χ1) is 15.0. The number of amides is 3. The maximum atomic E-state index is 12.7. The Morgan fingerprint density at radius 3 is 2.55 bits per heavy atom. The molecule has 0 fully saturated rings. The van der Waals surface area contributed by atoms with Crippen LogP contribution in [0.3, 0.4) is 0 Å². The highest BCUT2D eigenvalue weighted by atomic mass is 16.5. The number of hydrogen-bond donors (Lipinski definition) is 2. The van der Waals surface area contributed by atoms with Gasteiger partial charge in [-0.2, -0.15) is 0 Å². The van der Waals surface area contributed by atoms with Crippen LogP contribution >= 0.6 is 0 Å². The van der Waals surface area contributed by atoms with Gasteiger partial charge in [-0.05, 0) is 50.1 Å². The Labute approximate surface area is 181 Å².